The molecule has 0 spiro atoms. The molecular formula is C21H19ClN4OS. The number of fused-ring (bicyclic) bond motifs is 1. The number of carbonyl (C=O) groups is 1. The summed E-state index contributed by atoms with van der Waals surface area (Å²) in [7, 11) is 0. The van der Waals surface area contributed by atoms with E-state index in [1.165, 1.54) is 0 Å². The van der Waals surface area contributed by atoms with Gasteiger partial charge in [-0.2, -0.15) is 0 Å². The lowest BCUT2D eigenvalue weighted by Crippen LogP contribution is -2.25. The maximum atomic E-state index is 13.0. The van der Waals surface area contributed by atoms with Crippen molar-refractivity contribution in [2.24, 2.45) is 5.92 Å². The number of thiazole rings is 1. The minimum Gasteiger partial charge on any atom is -0.325 e. The van der Waals surface area contributed by atoms with Gasteiger partial charge in [0.2, 0.25) is 5.91 Å². The Kier molecular flexibility index (Phi) is 5.15. The highest BCUT2D eigenvalue weighted by molar-refractivity contribution is 7.12. The summed E-state index contributed by atoms with van der Waals surface area (Å²) < 4.78 is 1.94. The Morgan fingerprint density at radius 1 is 1.14 bits per heavy atom. The van der Waals surface area contributed by atoms with Gasteiger partial charge >= 0.3 is 0 Å². The fourth-order valence-corrected chi connectivity index (χ4v) is 4.06. The lowest BCUT2D eigenvalue weighted by molar-refractivity contribution is -0.118. The molecule has 0 aliphatic rings. The van der Waals surface area contributed by atoms with E-state index in [0.717, 1.165) is 27.4 Å². The van der Waals surface area contributed by atoms with Gasteiger partial charge in [-0.15, -0.1) is 11.3 Å². The van der Waals surface area contributed by atoms with Crippen LogP contribution >= 0.6 is 22.9 Å². The molecule has 142 valence electrons. The third kappa shape index (κ3) is 3.66. The molecule has 0 saturated carbocycles. The summed E-state index contributed by atoms with van der Waals surface area (Å²) in [6.45, 7) is 4.08. The van der Waals surface area contributed by atoms with Crippen molar-refractivity contribution in [3.05, 3.63) is 71.0 Å². The van der Waals surface area contributed by atoms with Gasteiger partial charge in [0.05, 0.1) is 17.0 Å². The van der Waals surface area contributed by atoms with Gasteiger partial charge in [0.25, 0.3) is 0 Å². The average Bonchev–Trinajstić information content (AvgIpc) is 3.32. The van der Waals surface area contributed by atoms with E-state index in [2.05, 4.69) is 15.3 Å². The molecule has 28 heavy (non-hydrogen) atoms. The predicted octanol–water partition coefficient (Wildman–Crippen LogP) is 5.51. The van der Waals surface area contributed by atoms with Crippen molar-refractivity contribution in [3.8, 4) is 5.13 Å². The summed E-state index contributed by atoms with van der Waals surface area (Å²) in [5.41, 5.74) is 3.43. The monoisotopic (exact) mass is 410 g/mol. The molecule has 0 aliphatic carbocycles. The molecule has 2 heterocycles. The Labute approximate surface area is 172 Å². The fourth-order valence-electron chi connectivity index (χ4n) is 3.31. The van der Waals surface area contributed by atoms with E-state index >= 15 is 0 Å². The topological polar surface area (TPSA) is 59.8 Å². The van der Waals surface area contributed by atoms with Gasteiger partial charge in [-0.25, -0.2) is 9.97 Å². The molecule has 0 fully saturated rings. The SMILES string of the molecule is CC(C)[C@H](C(=O)Nc1ccc2c(c1)ncn2-c1nccs1)c1ccc(Cl)cc1. The van der Waals surface area contributed by atoms with Crippen molar-refractivity contribution in [1.82, 2.24) is 14.5 Å². The lowest BCUT2D eigenvalue weighted by atomic mass is 9.87. The summed E-state index contributed by atoms with van der Waals surface area (Å²) >= 11 is 7.54. The van der Waals surface area contributed by atoms with E-state index < -0.39 is 0 Å². The van der Waals surface area contributed by atoms with Gasteiger partial charge in [-0.05, 0) is 41.8 Å². The highest BCUT2D eigenvalue weighted by atomic mass is 35.5. The molecule has 0 unspecified atom stereocenters. The number of imidazole rings is 1. The maximum Gasteiger partial charge on any atom is 0.232 e. The van der Waals surface area contributed by atoms with Crippen LogP contribution in [0.2, 0.25) is 5.02 Å². The molecule has 4 rings (SSSR count). The van der Waals surface area contributed by atoms with Crippen LogP contribution in [0.1, 0.15) is 25.3 Å². The largest absolute Gasteiger partial charge is 0.325 e. The highest BCUT2D eigenvalue weighted by Gasteiger charge is 2.24. The predicted molar refractivity (Wildman–Crippen MR) is 114 cm³/mol. The lowest BCUT2D eigenvalue weighted by Gasteiger charge is -2.21. The molecule has 1 amide bonds. The van der Waals surface area contributed by atoms with Crippen LogP contribution < -0.4 is 5.32 Å². The quantitative estimate of drug-likeness (QED) is 0.471. The molecule has 1 N–H and O–H groups in total. The highest BCUT2D eigenvalue weighted by Crippen LogP contribution is 2.28. The second-order valence-corrected chi connectivity index (χ2v) is 8.20. The number of aromatic nitrogens is 3. The second-order valence-electron chi connectivity index (χ2n) is 6.90. The third-order valence-electron chi connectivity index (χ3n) is 4.62. The molecule has 7 heteroatoms. The Balaban J connectivity index is 1.59. The molecule has 0 bridgehead atoms. The first-order valence-electron chi connectivity index (χ1n) is 8.96. The molecule has 4 aromatic rings. The second kappa shape index (κ2) is 7.73. The van der Waals surface area contributed by atoms with Crippen LogP contribution in [0, 0.1) is 5.92 Å². The Morgan fingerprint density at radius 3 is 2.61 bits per heavy atom. The number of halogens is 1. The van der Waals surface area contributed by atoms with Crippen LogP contribution in [-0.2, 0) is 4.79 Å². The number of nitrogens with zero attached hydrogens (tertiary/aromatic N) is 3. The van der Waals surface area contributed by atoms with Gasteiger partial charge in [-0.3, -0.25) is 9.36 Å². The first kappa shape index (κ1) is 18.7. The van der Waals surface area contributed by atoms with E-state index in [4.69, 9.17) is 11.6 Å². The van der Waals surface area contributed by atoms with Gasteiger partial charge in [0, 0.05) is 22.3 Å². The first-order chi connectivity index (χ1) is 13.5. The van der Waals surface area contributed by atoms with Gasteiger partial charge < -0.3 is 5.32 Å². The van der Waals surface area contributed by atoms with Crippen LogP contribution in [-0.4, -0.2) is 20.4 Å². The molecule has 1 atom stereocenters. The summed E-state index contributed by atoms with van der Waals surface area (Å²) in [6.07, 6.45) is 3.52. The van der Waals surface area contributed by atoms with Crippen molar-refractivity contribution in [2.45, 2.75) is 19.8 Å². The average molecular weight is 411 g/mol. The van der Waals surface area contributed by atoms with Crippen molar-refractivity contribution in [1.29, 1.82) is 0 Å². The first-order valence-corrected chi connectivity index (χ1v) is 10.2. The number of hydrogen-bond donors (Lipinski definition) is 1. The molecule has 0 radical (unpaired) electrons. The van der Waals surface area contributed by atoms with Crippen LogP contribution in [0.3, 0.4) is 0 Å². The van der Waals surface area contributed by atoms with E-state index in [1.807, 2.05) is 66.3 Å². The summed E-state index contributed by atoms with van der Waals surface area (Å²) in [5, 5.41) is 6.49. The van der Waals surface area contributed by atoms with Crippen molar-refractivity contribution >= 4 is 45.6 Å². The molecule has 0 saturated heterocycles. The summed E-state index contributed by atoms with van der Waals surface area (Å²) in [5.74, 6) is -0.161. The minimum atomic E-state index is -0.263. The van der Waals surface area contributed by atoms with E-state index in [0.29, 0.717) is 5.02 Å². The normalized spacial score (nSPS) is 12.4. The van der Waals surface area contributed by atoms with Crippen LogP contribution in [0.5, 0.6) is 0 Å². The number of nitrogens with one attached hydrogen (secondary N) is 1. The van der Waals surface area contributed by atoms with Crippen LogP contribution in [0.15, 0.2) is 60.4 Å². The number of amides is 1. The number of rotatable bonds is 5. The minimum absolute atomic E-state index is 0.0453. The van der Waals surface area contributed by atoms with Gasteiger partial charge in [-0.1, -0.05) is 37.6 Å². The van der Waals surface area contributed by atoms with Crippen LogP contribution in [0.25, 0.3) is 16.2 Å². The number of benzene rings is 2. The Bertz CT molecular complexity index is 1100. The van der Waals surface area contributed by atoms with Crippen LogP contribution in [0.4, 0.5) is 5.69 Å². The molecule has 2 aromatic carbocycles. The number of carbonyl (C=O) groups excluding carboxylic acids is 1. The third-order valence-corrected chi connectivity index (χ3v) is 5.64. The Hall–Kier alpha value is -2.70. The zero-order valence-corrected chi connectivity index (χ0v) is 17.0. The van der Waals surface area contributed by atoms with Gasteiger partial charge in [0.1, 0.15) is 6.33 Å². The summed E-state index contributed by atoms with van der Waals surface area (Å²) in [4.78, 5) is 21.8. The fraction of sp³-hybridized carbons (Fsp3) is 0.190. The molecule has 5 nitrogen and oxygen atoms in total. The molecule has 2 aromatic heterocycles. The standard InChI is InChI=1S/C21H19ClN4OS/c1-13(2)19(14-3-5-15(22)6-4-14)20(27)25-16-7-8-18-17(11-16)24-12-26(18)21-23-9-10-28-21/h3-13,19H,1-2H3,(H,25,27)/t19-/m0/s1. The van der Waals surface area contributed by atoms with E-state index in [1.54, 1.807) is 23.9 Å². The van der Waals surface area contributed by atoms with E-state index in [9.17, 15) is 4.79 Å². The van der Waals surface area contributed by atoms with Crippen molar-refractivity contribution in [3.63, 3.8) is 0 Å². The van der Waals surface area contributed by atoms with Crippen molar-refractivity contribution in [2.75, 3.05) is 5.32 Å². The van der Waals surface area contributed by atoms with E-state index in [-0.39, 0.29) is 17.7 Å². The molecule has 0 aliphatic heterocycles. The summed E-state index contributed by atoms with van der Waals surface area (Å²) in [6, 6.07) is 13.2. The number of anilines is 1. The van der Waals surface area contributed by atoms with Gasteiger partial charge in [0.15, 0.2) is 5.13 Å². The zero-order valence-electron chi connectivity index (χ0n) is 15.5. The Morgan fingerprint density at radius 2 is 1.93 bits per heavy atom. The van der Waals surface area contributed by atoms with Crippen molar-refractivity contribution < 1.29 is 4.79 Å². The maximum absolute atomic E-state index is 13.0. The molecular weight excluding hydrogens is 392 g/mol. The smallest absolute Gasteiger partial charge is 0.232 e. The number of hydrogen-bond acceptors (Lipinski definition) is 4. The zero-order chi connectivity index (χ0) is 19.7.